The fourth-order valence-corrected chi connectivity index (χ4v) is 2.29. The van der Waals surface area contributed by atoms with E-state index < -0.39 is 11.0 Å². The average Bonchev–Trinajstić information content (AvgIpc) is 2.91. The van der Waals surface area contributed by atoms with Crippen molar-refractivity contribution in [1.82, 2.24) is 9.38 Å². The second-order valence-electron chi connectivity index (χ2n) is 4.33. The lowest BCUT2D eigenvalue weighted by Crippen LogP contribution is -2.22. The van der Waals surface area contributed by atoms with Crippen LogP contribution in [0.1, 0.15) is 6.42 Å². The van der Waals surface area contributed by atoms with Crippen molar-refractivity contribution >= 4 is 17.3 Å². The predicted molar refractivity (Wildman–Crippen MR) is 64.7 cm³/mol. The Bertz CT molecular complexity index is 609. The van der Waals surface area contributed by atoms with E-state index in [2.05, 4.69) is 4.98 Å². The summed E-state index contributed by atoms with van der Waals surface area (Å²) in [4.78, 5) is 16.8. The van der Waals surface area contributed by atoms with E-state index in [1.54, 1.807) is 29.3 Å². The maximum Gasteiger partial charge on any atom is 0.372 e. The molecule has 1 saturated heterocycles. The highest BCUT2D eigenvalue weighted by Crippen LogP contribution is 2.30. The van der Waals surface area contributed by atoms with Gasteiger partial charge >= 0.3 is 5.82 Å². The first-order chi connectivity index (χ1) is 8.66. The number of hydrogen-bond donors (Lipinski definition) is 1. The lowest BCUT2D eigenvalue weighted by molar-refractivity contribution is -0.389. The minimum atomic E-state index is -0.436. The molecule has 1 N–H and O–H groups in total. The number of hydrogen-bond acceptors (Lipinski definition) is 5. The molecule has 0 aromatic carbocycles. The number of pyridine rings is 1. The summed E-state index contributed by atoms with van der Waals surface area (Å²) < 4.78 is 1.46. The number of aromatic nitrogens is 2. The summed E-state index contributed by atoms with van der Waals surface area (Å²) in [5.41, 5.74) is 0.542. The number of nitro groups is 1. The molecular weight excluding hydrogens is 236 g/mol. The van der Waals surface area contributed by atoms with Gasteiger partial charge in [0.1, 0.15) is 0 Å². The first kappa shape index (κ1) is 11.0. The van der Waals surface area contributed by atoms with Crippen LogP contribution in [-0.2, 0) is 0 Å². The third kappa shape index (κ3) is 1.60. The molecule has 0 spiro atoms. The normalized spacial score (nSPS) is 19.6. The molecule has 3 heterocycles. The molecule has 3 rings (SSSR count). The fourth-order valence-electron chi connectivity index (χ4n) is 2.29. The zero-order valence-electron chi connectivity index (χ0n) is 9.56. The van der Waals surface area contributed by atoms with Crippen LogP contribution in [0.4, 0.5) is 11.6 Å². The third-order valence-electron chi connectivity index (χ3n) is 3.12. The zero-order chi connectivity index (χ0) is 12.7. The molecule has 7 heteroatoms. The molecule has 7 nitrogen and oxygen atoms in total. The largest absolute Gasteiger partial charge is 0.391 e. The summed E-state index contributed by atoms with van der Waals surface area (Å²) in [6.07, 6.45) is 1.80. The third-order valence-corrected chi connectivity index (χ3v) is 3.12. The van der Waals surface area contributed by atoms with Crippen molar-refractivity contribution in [3.05, 3.63) is 34.5 Å². The molecular formula is C11H12N4O3. The van der Waals surface area contributed by atoms with Gasteiger partial charge in [-0.3, -0.25) is 0 Å². The molecule has 94 valence electrons. The molecule has 1 atom stereocenters. The van der Waals surface area contributed by atoms with Gasteiger partial charge in [-0.2, -0.15) is 9.38 Å². The van der Waals surface area contributed by atoms with E-state index >= 15 is 0 Å². The second-order valence-corrected chi connectivity index (χ2v) is 4.33. The summed E-state index contributed by atoms with van der Waals surface area (Å²) in [7, 11) is 0. The van der Waals surface area contributed by atoms with E-state index in [9.17, 15) is 15.2 Å². The summed E-state index contributed by atoms with van der Waals surface area (Å²) in [5.74, 6) is 0.294. The van der Waals surface area contributed by atoms with E-state index in [0.29, 0.717) is 31.0 Å². The van der Waals surface area contributed by atoms with Crippen molar-refractivity contribution in [1.29, 1.82) is 0 Å². The summed E-state index contributed by atoms with van der Waals surface area (Å²) >= 11 is 0. The van der Waals surface area contributed by atoms with Crippen LogP contribution in [0.25, 0.3) is 5.65 Å². The minimum absolute atomic E-state index is 0.0419. The number of aliphatic hydroxyl groups is 1. The maximum absolute atomic E-state index is 11.2. The first-order valence-corrected chi connectivity index (χ1v) is 5.71. The molecule has 1 fully saturated rings. The van der Waals surface area contributed by atoms with Crippen LogP contribution in [0.15, 0.2) is 24.4 Å². The quantitative estimate of drug-likeness (QED) is 0.628. The van der Waals surface area contributed by atoms with Crippen LogP contribution >= 0.6 is 0 Å². The van der Waals surface area contributed by atoms with E-state index in [1.165, 1.54) is 4.40 Å². The van der Waals surface area contributed by atoms with Crippen LogP contribution < -0.4 is 4.90 Å². The molecule has 0 unspecified atom stereocenters. The SMILES string of the molecule is O=[N+]([O-])c1c(N2CC[C@H](O)C2)nc2ccccn12. The van der Waals surface area contributed by atoms with Gasteiger partial charge in [-0.1, -0.05) is 6.07 Å². The summed E-state index contributed by atoms with van der Waals surface area (Å²) in [6, 6.07) is 5.24. The van der Waals surface area contributed by atoms with Gasteiger partial charge in [0.15, 0.2) is 0 Å². The standard InChI is InChI=1S/C11H12N4O3/c16-8-4-6-13(7-8)10-11(15(17)18)14-5-2-1-3-9(14)12-10/h1-3,5,8,16H,4,6-7H2/t8-/m0/s1. The van der Waals surface area contributed by atoms with Crippen LogP contribution in [0.3, 0.4) is 0 Å². The lowest BCUT2D eigenvalue weighted by atomic mass is 10.3. The smallest absolute Gasteiger partial charge is 0.372 e. The van der Waals surface area contributed by atoms with E-state index in [-0.39, 0.29) is 5.82 Å². The average molecular weight is 248 g/mol. The van der Waals surface area contributed by atoms with Crippen LogP contribution in [0, 0.1) is 10.1 Å². The summed E-state index contributed by atoms with van der Waals surface area (Å²) in [6.45, 7) is 0.983. The van der Waals surface area contributed by atoms with Gasteiger partial charge in [0.25, 0.3) is 0 Å². The summed E-state index contributed by atoms with van der Waals surface area (Å²) in [5, 5.41) is 20.7. The van der Waals surface area contributed by atoms with Crippen molar-refractivity contribution in [2.75, 3.05) is 18.0 Å². The Labute approximate surface area is 102 Å². The van der Waals surface area contributed by atoms with Gasteiger partial charge in [0, 0.05) is 19.2 Å². The molecule has 0 saturated carbocycles. The number of imidazole rings is 1. The van der Waals surface area contributed by atoms with Crippen LogP contribution in [0.5, 0.6) is 0 Å². The van der Waals surface area contributed by atoms with Crippen molar-refractivity contribution in [2.45, 2.75) is 12.5 Å². The van der Waals surface area contributed by atoms with E-state index in [0.717, 1.165) is 0 Å². The molecule has 2 aromatic heterocycles. The van der Waals surface area contributed by atoms with E-state index in [1.807, 2.05) is 0 Å². The van der Waals surface area contributed by atoms with Crippen molar-refractivity contribution in [3.8, 4) is 0 Å². The minimum Gasteiger partial charge on any atom is -0.391 e. The van der Waals surface area contributed by atoms with Crippen LogP contribution in [0.2, 0.25) is 0 Å². The molecule has 0 radical (unpaired) electrons. The zero-order valence-corrected chi connectivity index (χ0v) is 9.56. The van der Waals surface area contributed by atoms with E-state index in [4.69, 9.17) is 0 Å². The monoisotopic (exact) mass is 248 g/mol. The van der Waals surface area contributed by atoms with Gasteiger partial charge in [0.05, 0.1) is 12.3 Å². The Hall–Kier alpha value is -2.15. The fraction of sp³-hybridized carbons (Fsp3) is 0.364. The Morgan fingerprint density at radius 3 is 3.00 bits per heavy atom. The molecule has 0 amide bonds. The van der Waals surface area contributed by atoms with Gasteiger partial charge in [0.2, 0.25) is 11.5 Å². The molecule has 1 aliphatic rings. The number of β-amino-alcohol motifs (C(OH)–C–C–N with tert-alkyl or cyclic N) is 1. The van der Waals surface area contributed by atoms with Crippen LogP contribution in [-0.4, -0.2) is 38.6 Å². The number of nitrogens with zero attached hydrogens (tertiary/aromatic N) is 4. The number of aliphatic hydroxyl groups excluding tert-OH is 1. The van der Waals surface area contributed by atoms with Gasteiger partial charge in [-0.15, -0.1) is 0 Å². The van der Waals surface area contributed by atoms with Gasteiger partial charge in [-0.25, -0.2) is 0 Å². The Kier molecular flexibility index (Phi) is 2.41. The highest BCUT2D eigenvalue weighted by Gasteiger charge is 2.31. The van der Waals surface area contributed by atoms with Crippen molar-refractivity contribution in [2.24, 2.45) is 0 Å². The molecule has 0 aliphatic carbocycles. The molecule has 18 heavy (non-hydrogen) atoms. The first-order valence-electron chi connectivity index (χ1n) is 5.71. The number of fused-ring (bicyclic) bond motifs is 1. The van der Waals surface area contributed by atoms with Crippen molar-refractivity contribution < 1.29 is 10.0 Å². The topological polar surface area (TPSA) is 83.9 Å². The Morgan fingerprint density at radius 2 is 2.33 bits per heavy atom. The molecule has 2 aromatic rings. The van der Waals surface area contributed by atoms with Gasteiger partial charge in [-0.05, 0) is 17.4 Å². The highest BCUT2D eigenvalue weighted by atomic mass is 16.6. The molecule has 0 bridgehead atoms. The highest BCUT2D eigenvalue weighted by molar-refractivity contribution is 5.64. The maximum atomic E-state index is 11.2. The molecule has 1 aliphatic heterocycles. The van der Waals surface area contributed by atoms with Crippen molar-refractivity contribution in [3.63, 3.8) is 0 Å². The second kappa shape index (κ2) is 3.95. The number of rotatable bonds is 2. The van der Waals surface area contributed by atoms with Gasteiger partial charge < -0.3 is 20.1 Å². The lowest BCUT2D eigenvalue weighted by Gasteiger charge is -2.13. The Balaban J connectivity index is 2.16. The Morgan fingerprint density at radius 1 is 1.50 bits per heavy atom. The predicted octanol–water partition coefficient (Wildman–Crippen LogP) is 0.813. The number of anilines is 1.